The number of unbranched alkanes of at least 4 members (excludes halogenated alkanes) is 1. The maximum Gasteiger partial charge on any atom is 0.253 e. The summed E-state index contributed by atoms with van der Waals surface area (Å²) >= 11 is 0. The third kappa shape index (κ3) is 8.44. The molecule has 0 radical (unpaired) electrons. The molecule has 1 unspecified atom stereocenters. The summed E-state index contributed by atoms with van der Waals surface area (Å²) in [4.78, 5) is 15.0. The van der Waals surface area contributed by atoms with E-state index in [1.54, 1.807) is 4.90 Å². The van der Waals surface area contributed by atoms with Crippen LogP contribution >= 0.6 is 0 Å². The van der Waals surface area contributed by atoms with Crippen LogP contribution in [0.25, 0.3) is 0 Å². The molecule has 2 fully saturated rings. The molecular formula is C35H49NO4. The van der Waals surface area contributed by atoms with Crippen LogP contribution in [0.4, 0.5) is 5.69 Å². The Balaban J connectivity index is 1.23. The third-order valence-electron chi connectivity index (χ3n) is 9.12. The van der Waals surface area contributed by atoms with Crippen molar-refractivity contribution >= 4 is 11.6 Å². The van der Waals surface area contributed by atoms with Crippen LogP contribution in [0.1, 0.15) is 77.2 Å². The molecule has 0 spiro atoms. The van der Waals surface area contributed by atoms with Crippen LogP contribution in [0.15, 0.2) is 72.5 Å². The highest BCUT2D eigenvalue weighted by Crippen LogP contribution is 2.52. The number of nitrogens with zero attached hydrogens (tertiary/aromatic N) is 1. The van der Waals surface area contributed by atoms with E-state index in [2.05, 4.69) is 13.8 Å². The first kappa shape index (κ1) is 30.3. The third-order valence-corrected chi connectivity index (χ3v) is 9.12. The molecule has 4 rings (SSSR count). The van der Waals surface area contributed by atoms with Crippen molar-refractivity contribution in [3.8, 4) is 0 Å². The van der Waals surface area contributed by atoms with Crippen LogP contribution in [0.5, 0.6) is 0 Å². The maximum atomic E-state index is 13.2. The summed E-state index contributed by atoms with van der Waals surface area (Å²) in [6.07, 6.45) is 11.0. The number of ether oxygens (including phenoxy) is 1. The number of amides is 1. The average Bonchev–Trinajstić information content (AvgIpc) is 3.49. The van der Waals surface area contributed by atoms with Crippen LogP contribution in [0.2, 0.25) is 0 Å². The number of carbonyl (C=O) groups excluding carboxylic acids is 1. The normalized spacial score (nSPS) is 25.1. The van der Waals surface area contributed by atoms with E-state index in [1.807, 2.05) is 66.7 Å². The number of rotatable bonds is 15. The van der Waals surface area contributed by atoms with Gasteiger partial charge in [-0.05, 0) is 86.0 Å². The molecule has 0 aromatic heterocycles. The number of para-hydroxylation sites is 1. The van der Waals surface area contributed by atoms with Crippen molar-refractivity contribution in [1.82, 2.24) is 0 Å². The monoisotopic (exact) mass is 547 g/mol. The number of allylic oxidation sites excluding steroid dienone is 1. The van der Waals surface area contributed by atoms with Crippen molar-refractivity contribution in [2.45, 2.75) is 84.3 Å². The fraction of sp³-hybridized carbons (Fsp3) is 0.571. The lowest BCUT2D eigenvalue weighted by atomic mass is 9.87. The molecule has 5 nitrogen and oxygen atoms in total. The van der Waals surface area contributed by atoms with E-state index >= 15 is 0 Å². The Morgan fingerprint density at radius 1 is 1.05 bits per heavy atom. The number of anilines is 1. The predicted molar refractivity (Wildman–Crippen MR) is 162 cm³/mol. The largest absolute Gasteiger partial charge is 0.512 e. The molecule has 2 aliphatic rings. The fourth-order valence-electron chi connectivity index (χ4n) is 6.92. The van der Waals surface area contributed by atoms with Gasteiger partial charge in [-0.2, -0.15) is 0 Å². The lowest BCUT2D eigenvalue weighted by molar-refractivity contribution is -0.123. The van der Waals surface area contributed by atoms with Gasteiger partial charge in [0, 0.05) is 18.2 Å². The summed E-state index contributed by atoms with van der Waals surface area (Å²) in [5, 5.41) is 21.6. The molecule has 2 aromatic carbocycles. The van der Waals surface area contributed by atoms with Crippen LogP contribution in [0, 0.1) is 29.6 Å². The topological polar surface area (TPSA) is 70.0 Å². The summed E-state index contributed by atoms with van der Waals surface area (Å²) in [6.45, 7) is 5.64. The first-order chi connectivity index (χ1) is 19.5. The number of aliphatic hydroxyl groups excluding tert-OH is 2. The lowest BCUT2D eigenvalue weighted by Crippen LogP contribution is -2.33. The lowest BCUT2D eigenvalue weighted by Gasteiger charge is -2.23. The number of benzene rings is 2. The van der Waals surface area contributed by atoms with Crippen molar-refractivity contribution in [1.29, 1.82) is 0 Å². The highest BCUT2D eigenvalue weighted by molar-refractivity contribution is 5.94. The van der Waals surface area contributed by atoms with Gasteiger partial charge in [0.1, 0.15) is 6.61 Å². The molecule has 0 bridgehead atoms. The molecule has 2 N–H and O–H groups in total. The zero-order chi connectivity index (χ0) is 28.3. The number of hydrogen-bond donors (Lipinski definition) is 2. The van der Waals surface area contributed by atoms with Crippen molar-refractivity contribution in [2.24, 2.45) is 29.6 Å². The Labute approximate surface area is 241 Å². The zero-order valence-corrected chi connectivity index (χ0v) is 24.5. The first-order valence-corrected chi connectivity index (χ1v) is 15.5. The molecule has 2 aliphatic carbocycles. The molecule has 40 heavy (non-hydrogen) atoms. The number of aliphatic hydroxyl groups is 2. The molecule has 0 saturated heterocycles. The minimum Gasteiger partial charge on any atom is -0.512 e. The minimum atomic E-state index is -0.438. The fourth-order valence-corrected chi connectivity index (χ4v) is 6.92. The van der Waals surface area contributed by atoms with Crippen molar-refractivity contribution in [3.63, 3.8) is 0 Å². The summed E-state index contributed by atoms with van der Waals surface area (Å²) in [7, 11) is 0. The van der Waals surface area contributed by atoms with E-state index in [4.69, 9.17) is 4.74 Å². The molecule has 218 valence electrons. The van der Waals surface area contributed by atoms with Crippen LogP contribution in [-0.2, 0) is 16.1 Å². The van der Waals surface area contributed by atoms with Gasteiger partial charge in [-0.1, -0.05) is 81.6 Å². The molecule has 0 heterocycles. The molecule has 5 heteroatoms. The van der Waals surface area contributed by atoms with Gasteiger partial charge >= 0.3 is 0 Å². The molecule has 1 amide bonds. The van der Waals surface area contributed by atoms with Gasteiger partial charge in [-0.25, -0.2) is 0 Å². The average molecular weight is 548 g/mol. The van der Waals surface area contributed by atoms with Gasteiger partial charge in [-0.15, -0.1) is 0 Å². The van der Waals surface area contributed by atoms with Crippen LogP contribution in [-0.4, -0.2) is 35.4 Å². The van der Waals surface area contributed by atoms with E-state index in [1.165, 1.54) is 19.3 Å². The Morgan fingerprint density at radius 3 is 2.50 bits per heavy atom. The van der Waals surface area contributed by atoms with Gasteiger partial charge in [0.15, 0.2) is 0 Å². The van der Waals surface area contributed by atoms with Gasteiger partial charge in [0.05, 0.1) is 18.4 Å². The van der Waals surface area contributed by atoms with Gasteiger partial charge in [0.2, 0.25) is 0 Å². The minimum absolute atomic E-state index is 0.0411. The van der Waals surface area contributed by atoms with E-state index in [0.29, 0.717) is 42.6 Å². The number of hydrogen-bond acceptors (Lipinski definition) is 4. The SMILES string of the molecule is CCCCC(C)CCC=C(O)[C@H]1[C@@H]2C[C@@H](CCOCC(=O)N(Cc3ccccc3)c3ccccc3)C[C@H]2C[C@@H]1O. The van der Waals surface area contributed by atoms with Gasteiger partial charge < -0.3 is 19.8 Å². The Bertz CT molecular complexity index is 1060. The quantitative estimate of drug-likeness (QED) is 0.177. The molecular weight excluding hydrogens is 498 g/mol. The van der Waals surface area contributed by atoms with Crippen LogP contribution < -0.4 is 4.90 Å². The van der Waals surface area contributed by atoms with Crippen molar-refractivity contribution < 1.29 is 19.7 Å². The summed E-state index contributed by atoms with van der Waals surface area (Å²) in [5.74, 6) is 2.23. The van der Waals surface area contributed by atoms with Gasteiger partial charge in [-0.3, -0.25) is 4.79 Å². The van der Waals surface area contributed by atoms with E-state index in [-0.39, 0.29) is 18.4 Å². The Kier molecular flexibility index (Phi) is 11.7. The molecule has 0 aliphatic heterocycles. The Morgan fingerprint density at radius 2 is 1.77 bits per heavy atom. The molecule has 6 atom stereocenters. The first-order valence-electron chi connectivity index (χ1n) is 15.5. The summed E-state index contributed by atoms with van der Waals surface area (Å²) in [5.41, 5.74) is 1.95. The van der Waals surface area contributed by atoms with E-state index in [0.717, 1.165) is 49.8 Å². The second-order valence-electron chi connectivity index (χ2n) is 12.2. The van der Waals surface area contributed by atoms with E-state index < -0.39 is 6.10 Å². The maximum absolute atomic E-state index is 13.2. The Hall–Kier alpha value is -2.63. The highest BCUT2D eigenvalue weighted by atomic mass is 16.5. The zero-order valence-electron chi connectivity index (χ0n) is 24.5. The number of carbonyl (C=O) groups is 1. The standard InChI is InChI=1S/C35H49NO4/c1-3-4-12-26(2)13-11-18-32(37)35-31-22-28(21-29(31)23-33(35)38)19-20-40-25-34(39)36(30-16-9-6-10-17-30)24-27-14-7-5-8-15-27/h5-10,14-18,26,28-29,31,33,35,37-38H,3-4,11-13,19-25H2,1-2H3/t26?,28-,29-,31+,33-,35+/m0/s1. The van der Waals surface area contributed by atoms with Crippen molar-refractivity contribution in [3.05, 3.63) is 78.1 Å². The second kappa shape index (κ2) is 15.4. The van der Waals surface area contributed by atoms with Crippen molar-refractivity contribution in [2.75, 3.05) is 18.1 Å². The highest BCUT2D eigenvalue weighted by Gasteiger charge is 2.49. The summed E-state index contributed by atoms with van der Waals surface area (Å²) < 4.78 is 5.92. The van der Waals surface area contributed by atoms with Crippen LogP contribution in [0.3, 0.4) is 0 Å². The second-order valence-corrected chi connectivity index (χ2v) is 12.2. The smallest absolute Gasteiger partial charge is 0.253 e. The summed E-state index contributed by atoms with van der Waals surface area (Å²) in [6, 6.07) is 19.8. The predicted octanol–water partition coefficient (Wildman–Crippen LogP) is 7.70. The molecule has 2 saturated carbocycles. The van der Waals surface area contributed by atoms with Gasteiger partial charge in [0.25, 0.3) is 5.91 Å². The number of fused-ring (bicyclic) bond motifs is 1. The van der Waals surface area contributed by atoms with E-state index in [9.17, 15) is 15.0 Å². The molecule has 2 aromatic rings.